The predicted octanol–water partition coefficient (Wildman–Crippen LogP) is 4.08. The molecule has 0 aliphatic carbocycles. The Morgan fingerprint density at radius 2 is 1.84 bits per heavy atom. The summed E-state index contributed by atoms with van der Waals surface area (Å²) in [6.07, 6.45) is -0.264. The second-order valence-corrected chi connectivity index (χ2v) is 8.66. The van der Waals surface area contributed by atoms with E-state index >= 15 is 0 Å². The molecule has 0 bridgehead atoms. The van der Waals surface area contributed by atoms with Gasteiger partial charge in [0.15, 0.2) is 9.84 Å². The Bertz CT molecular complexity index is 849. The molecule has 5 nitrogen and oxygen atoms in total. The smallest absolute Gasteiger partial charge is 0.303 e. The Morgan fingerprint density at radius 3 is 2.40 bits per heavy atom. The van der Waals surface area contributed by atoms with Crippen LogP contribution in [0.15, 0.2) is 57.9 Å². The van der Waals surface area contributed by atoms with Crippen molar-refractivity contribution in [3.8, 4) is 5.75 Å². The zero-order chi connectivity index (χ0) is 18.6. The van der Waals surface area contributed by atoms with Gasteiger partial charge in [-0.25, -0.2) is 8.42 Å². The van der Waals surface area contributed by atoms with E-state index in [1.165, 1.54) is 19.2 Å². The van der Waals surface area contributed by atoms with Gasteiger partial charge in [0.2, 0.25) is 0 Å². The van der Waals surface area contributed by atoms with Crippen LogP contribution in [0, 0.1) is 5.92 Å². The number of benzene rings is 2. The first-order chi connectivity index (χ1) is 11.8. The van der Waals surface area contributed by atoms with Crippen LogP contribution in [0.1, 0.15) is 24.2 Å². The van der Waals surface area contributed by atoms with Gasteiger partial charge in [-0.05, 0) is 41.8 Å². The van der Waals surface area contributed by atoms with Crippen LogP contribution in [0.5, 0.6) is 5.75 Å². The zero-order valence-electron chi connectivity index (χ0n) is 13.8. The van der Waals surface area contributed by atoms with Crippen LogP contribution in [-0.2, 0) is 14.6 Å². The summed E-state index contributed by atoms with van der Waals surface area (Å²) in [6, 6.07) is 13.1. The topological polar surface area (TPSA) is 80.7 Å². The lowest BCUT2D eigenvalue weighted by molar-refractivity contribution is -0.137. The van der Waals surface area contributed by atoms with E-state index in [4.69, 9.17) is 9.84 Å². The van der Waals surface area contributed by atoms with Crippen LogP contribution < -0.4 is 4.74 Å². The number of carboxylic acid groups (broad SMARTS) is 1. The van der Waals surface area contributed by atoms with Gasteiger partial charge in [0.25, 0.3) is 0 Å². The van der Waals surface area contributed by atoms with Gasteiger partial charge in [-0.15, -0.1) is 0 Å². The van der Waals surface area contributed by atoms with Gasteiger partial charge in [-0.3, -0.25) is 4.79 Å². The van der Waals surface area contributed by atoms with Gasteiger partial charge in [-0.2, -0.15) is 0 Å². The highest BCUT2D eigenvalue weighted by Crippen LogP contribution is 2.41. The Labute approximate surface area is 155 Å². The fourth-order valence-corrected chi connectivity index (χ4v) is 5.50. The summed E-state index contributed by atoms with van der Waals surface area (Å²) >= 11 is 3.39. The van der Waals surface area contributed by atoms with Crippen LogP contribution in [0.3, 0.4) is 0 Å². The van der Waals surface area contributed by atoms with Crippen molar-refractivity contribution >= 4 is 31.7 Å². The lowest BCUT2D eigenvalue weighted by Crippen LogP contribution is -2.23. The van der Waals surface area contributed by atoms with Crippen molar-refractivity contribution in [2.24, 2.45) is 5.92 Å². The van der Waals surface area contributed by atoms with Gasteiger partial charge >= 0.3 is 5.97 Å². The van der Waals surface area contributed by atoms with Crippen LogP contribution >= 0.6 is 15.9 Å². The van der Waals surface area contributed by atoms with Crippen LogP contribution in [0.4, 0.5) is 0 Å². The molecule has 0 spiro atoms. The van der Waals surface area contributed by atoms with Gasteiger partial charge in [0, 0.05) is 10.9 Å². The summed E-state index contributed by atoms with van der Waals surface area (Å²) in [5, 5.41) is 8.14. The summed E-state index contributed by atoms with van der Waals surface area (Å²) in [7, 11) is -2.30. The number of ether oxygens (including phenoxy) is 1. The van der Waals surface area contributed by atoms with Gasteiger partial charge in [0.05, 0.1) is 17.3 Å². The predicted molar refractivity (Wildman–Crippen MR) is 98.5 cm³/mol. The van der Waals surface area contributed by atoms with Gasteiger partial charge in [-0.1, -0.05) is 41.1 Å². The molecule has 0 heterocycles. The summed E-state index contributed by atoms with van der Waals surface area (Å²) < 4.78 is 32.3. The third kappa shape index (κ3) is 4.41. The van der Waals surface area contributed by atoms with E-state index in [0.29, 0.717) is 15.8 Å². The SMILES string of the molecule is COc1ccc(Br)c([C@H]([C@H](C)CC(=O)O)S(=O)(=O)c2ccccc2)c1. The van der Waals surface area contributed by atoms with E-state index in [1.54, 1.807) is 43.3 Å². The van der Waals surface area contributed by atoms with Crippen LogP contribution in [0.25, 0.3) is 0 Å². The van der Waals surface area contributed by atoms with E-state index in [9.17, 15) is 13.2 Å². The normalized spacial score (nSPS) is 13.9. The molecule has 0 saturated carbocycles. The van der Waals surface area contributed by atoms with Crippen LogP contribution in [0.2, 0.25) is 0 Å². The van der Waals surface area contributed by atoms with Gasteiger partial charge < -0.3 is 9.84 Å². The molecular weight excluding hydrogens is 408 g/mol. The largest absolute Gasteiger partial charge is 0.497 e. The minimum atomic E-state index is -3.80. The molecule has 0 unspecified atom stereocenters. The first-order valence-electron chi connectivity index (χ1n) is 7.61. The summed E-state index contributed by atoms with van der Waals surface area (Å²) in [5.41, 5.74) is 0.483. The lowest BCUT2D eigenvalue weighted by Gasteiger charge is -2.25. The average Bonchev–Trinajstić information content (AvgIpc) is 2.56. The number of hydrogen-bond donors (Lipinski definition) is 1. The molecular formula is C18H19BrO5S. The van der Waals surface area contributed by atoms with Gasteiger partial charge in [0.1, 0.15) is 5.75 Å². The third-order valence-corrected chi connectivity index (χ3v) is 6.97. The molecule has 2 rings (SSSR count). The highest BCUT2D eigenvalue weighted by Gasteiger charge is 2.36. The number of carboxylic acids is 1. The summed E-state index contributed by atoms with van der Waals surface area (Å²) in [6.45, 7) is 1.63. The van der Waals surface area contributed by atoms with Crippen molar-refractivity contribution in [1.82, 2.24) is 0 Å². The molecule has 0 amide bonds. The van der Waals surface area contributed by atoms with Crippen molar-refractivity contribution in [2.75, 3.05) is 7.11 Å². The molecule has 2 aromatic rings. The highest BCUT2D eigenvalue weighted by molar-refractivity contribution is 9.10. The molecule has 0 fully saturated rings. The number of hydrogen-bond acceptors (Lipinski definition) is 4. The number of sulfone groups is 1. The highest BCUT2D eigenvalue weighted by atomic mass is 79.9. The summed E-state index contributed by atoms with van der Waals surface area (Å²) in [5.74, 6) is -1.17. The molecule has 1 N–H and O–H groups in total. The molecule has 2 atom stereocenters. The standard InChI is InChI=1S/C18H19BrO5S/c1-12(10-17(20)21)18(15-11-13(24-2)8-9-16(15)19)25(22,23)14-6-4-3-5-7-14/h3-9,11-12,18H,10H2,1-2H3,(H,20,21)/t12-,18+/m1/s1. The molecule has 0 aliphatic rings. The quantitative estimate of drug-likeness (QED) is 0.720. The first kappa shape index (κ1) is 19.5. The molecule has 25 heavy (non-hydrogen) atoms. The molecule has 0 saturated heterocycles. The van der Waals surface area contributed by atoms with Crippen molar-refractivity contribution < 1.29 is 23.1 Å². The lowest BCUT2D eigenvalue weighted by atomic mass is 9.97. The molecule has 0 aliphatic heterocycles. The molecule has 134 valence electrons. The Kier molecular flexibility index (Phi) is 6.24. The van der Waals surface area contributed by atoms with E-state index in [1.807, 2.05) is 0 Å². The maximum atomic E-state index is 13.3. The van der Waals surface area contributed by atoms with Crippen LogP contribution in [-0.4, -0.2) is 26.6 Å². The van der Waals surface area contributed by atoms with E-state index in [-0.39, 0.29) is 11.3 Å². The van der Waals surface area contributed by atoms with Crippen molar-refractivity contribution in [1.29, 1.82) is 0 Å². The van der Waals surface area contributed by atoms with Crippen molar-refractivity contribution in [2.45, 2.75) is 23.5 Å². The van der Waals surface area contributed by atoms with E-state index < -0.39 is 27.0 Å². The number of methoxy groups -OCH3 is 1. The second kappa shape index (κ2) is 8.01. The first-order valence-corrected chi connectivity index (χ1v) is 9.95. The molecule has 7 heteroatoms. The fraction of sp³-hybridized carbons (Fsp3) is 0.278. The molecule has 0 radical (unpaired) electrons. The summed E-state index contributed by atoms with van der Waals surface area (Å²) in [4.78, 5) is 11.3. The minimum Gasteiger partial charge on any atom is -0.497 e. The Hall–Kier alpha value is -1.86. The zero-order valence-corrected chi connectivity index (χ0v) is 16.2. The monoisotopic (exact) mass is 426 g/mol. The molecule has 0 aromatic heterocycles. The maximum absolute atomic E-state index is 13.3. The number of aliphatic carboxylic acids is 1. The average molecular weight is 427 g/mol. The maximum Gasteiger partial charge on any atom is 0.303 e. The minimum absolute atomic E-state index is 0.159. The number of halogens is 1. The Balaban J connectivity index is 2.64. The number of carbonyl (C=O) groups is 1. The fourth-order valence-electron chi connectivity index (χ4n) is 2.79. The Morgan fingerprint density at radius 1 is 1.20 bits per heavy atom. The second-order valence-electron chi connectivity index (χ2n) is 5.74. The molecule has 2 aromatic carbocycles. The van der Waals surface area contributed by atoms with E-state index in [2.05, 4.69) is 15.9 Å². The van der Waals surface area contributed by atoms with Crippen molar-refractivity contribution in [3.05, 3.63) is 58.6 Å². The van der Waals surface area contributed by atoms with E-state index in [0.717, 1.165) is 0 Å². The third-order valence-electron chi connectivity index (χ3n) is 3.93. The number of rotatable bonds is 7. The van der Waals surface area contributed by atoms with Crippen molar-refractivity contribution in [3.63, 3.8) is 0 Å².